The maximum atomic E-state index is 13.3. The Balaban J connectivity index is 1.76. The van der Waals surface area contributed by atoms with Crippen molar-refractivity contribution in [1.82, 2.24) is 19.9 Å². The average Bonchev–Trinajstić information content (AvgIpc) is 3.06. The molecule has 0 unspecified atom stereocenters. The van der Waals surface area contributed by atoms with Gasteiger partial charge in [0.2, 0.25) is 5.91 Å². The van der Waals surface area contributed by atoms with E-state index >= 15 is 0 Å². The highest BCUT2D eigenvalue weighted by atomic mass is 16.5. The molecule has 1 saturated carbocycles. The highest BCUT2D eigenvalue weighted by molar-refractivity contribution is 5.84. The normalized spacial score (nSPS) is 28.9. The van der Waals surface area contributed by atoms with E-state index in [2.05, 4.69) is 38.0 Å². The van der Waals surface area contributed by atoms with Crippen LogP contribution in [0.2, 0.25) is 0 Å². The molecule has 1 aromatic heterocycles. The molecule has 1 aliphatic heterocycles. The van der Waals surface area contributed by atoms with Gasteiger partial charge in [-0.2, -0.15) is 0 Å². The van der Waals surface area contributed by atoms with Crippen LogP contribution in [0.3, 0.4) is 0 Å². The summed E-state index contributed by atoms with van der Waals surface area (Å²) in [5, 5.41) is 8.54. The number of hydrogen-bond acceptors (Lipinski definition) is 4. The number of carbonyl (C=O) groups is 1. The third kappa shape index (κ3) is 2.55. The lowest BCUT2D eigenvalue weighted by molar-refractivity contribution is -0.148. The molecule has 1 fully saturated rings. The lowest BCUT2D eigenvalue weighted by Crippen LogP contribution is -2.50. The van der Waals surface area contributed by atoms with Gasteiger partial charge in [-0.3, -0.25) is 4.79 Å². The van der Waals surface area contributed by atoms with Crippen LogP contribution in [0.15, 0.2) is 0 Å². The second kappa shape index (κ2) is 6.14. The van der Waals surface area contributed by atoms with Gasteiger partial charge in [0.05, 0.1) is 30.8 Å². The summed E-state index contributed by atoms with van der Waals surface area (Å²) in [5.74, 6) is 0.857. The first-order valence-electron chi connectivity index (χ1n) is 9.01. The number of hydrogen-bond donors (Lipinski definition) is 0. The molecule has 134 valence electrons. The van der Waals surface area contributed by atoms with Crippen LogP contribution in [0.4, 0.5) is 0 Å². The maximum absolute atomic E-state index is 13.3. The van der Waals surface area contributed by atoms with E-state index in [0.29, 0.717) is 19.1 Å². The molecule has 2 heterocycles. The average molecular weight is 334 g/mol. The molecule has 0 saturated heterocycles. The van der Waals surface area contributed by atoms with E-state index in [1.807, 2.05) is 9.58 Å². The largest absolute Gasteiger partial charge is 0.383 e. The molecular formula is C18H30N4O2. The zero-order chi connectivity index (χ0) is 17.5. The van der Waals surface area contributed by atoms with Crippen LogP contribution in [0.25, 0.3) is 0 Å². The summed E-state index contributed by atoms with van der Waals surface area (Å²) in [6.07, 6.45) is 2.93. The standard InChI is InChI=1S/C18H30N4O2/c1-13-6-8-18(4,17(13,2)3)16(23)21-9-7-15-14(12-21)19-20-22(15)10-11-24-5/h13H,6-12H2,1-5H3/t13-,18-/m0/s1. The van der Waals surface area contributed by atoms with E-state index in [-0.39, 0.29) is 16.7 Å². The monoisotopic (exact) mass is 334 g/mol. The highest BCUT2D eigenvalue weighted by Crippen LogP contribution is 2.56. The van der Waals surface area contributed by atoms with E-state index in [4.69, 9.17) is 4.74 Å². The molecule has 2 atom stereocenters. The number of amides is 1. The molecule has 2 aliphatic rings. The van der Waals surface area contributed by atoms with E-state index in [0.717, 1.165) is 43.7 Å². The van der Waals surface area contributed by atoms with E-state index in [9.17, 15) is 4.79 Å². The number of rotatable bonds is 4. The first kappa shape index (κ1) is 17.4. The van der Waals surface area contributed by atoms with Gasteiger partial charge in [-0.25, -0.2) is 4.68 Å². The first-order chi connectivity index (χ1) is 11.3. The molecule has 0 spiro atoms. The van der Waals surface area contributed by atoms with Crippen LogP contribution >= 0.6 is 0 Å². The third-order valence-corrected chi connectivity index (χ3v) is 6.88. The minimum Gasteiger partial charge on any atom is -0.383 e. The van der Waals surface area contributed by atoms with E-state index in [1.165, 1.54) is 0 Å². The Morgan fingerprint density at radius 1 is 1.38 bits per heavy atom. The molecular weight excluding hydrogens is 304 g/mol. The summed E-state index contributed by atoms with van der Waals surface area (Å²) >= 11 is 0. The van der Waals surface area contributed by atoms with Crippen molar-refractivity contribution in [2.75, 3.05) is 20.3 Å². The predicted molar refractivity (Wildman–Crippen MR) is 91.3 cm³/mol. The Labute approximate surface area is 144 Å². The van der Waals surface area contributed by atoms with Crippen LogP contribution < -0.4 is 0 Å². The Morgan fingerprint density at radius 3 is 2.75 bits per heavy atom. The second-order valence-electron chi connectivity index (χ2n) is 8.17. The summed E-state index contributed by atoms with van der Waals surface area (Å²) in [6.45, 7) is 11.6. The number of fused-ring (bicyclic) bond motifs is 1. The molecule has 6 heteroatoms. The molecule has 1 aliphatic carbocycles. The van der Waals surface area contributed by atoms with Crippen LogP contribution in [-0.4, -0.2) is 46.1 Å². The van der Waals surface area contributed by atoms with Gasteiger partial charge in [0.1, 0.15) is 5.69 Å². The fourth-order valence-corrected chi connectivity index (χ4v) is 4.26. The highest BCUT2D eigenvalue weighted by Gasteiger charge is 2.55. The van der Waals surface area contributed by atoms with E-state index < -0.39 is 0 Å². The van der Waals surface area contributed by atoms with Gasteiger partial charge in [0.15, 0.2) is 0 Å². The molecule has 24 heavy (non-hydrogen) atoms. The zero-order valence-corrected chi connectivity index (χ0v) is 15.6. The summed E-state index contributed by atoms with van der Waals surface area (Å²) in [4.78, 5) is 15.3. The van der Waals surface area contributed by atoms with Crippen molar-refractivity contribution in [2.45, 2.75) is 60.0 Å². The van der Waals surface area contributed by atoms with Crippen molar-refractivity contribution >= 4 is 5.91 Å². The Hall–Kier alpha value is -1.43. The number of carbonyl (C=O) groups excluding carboxylic acids is 1. The molecule has 0 N–H and O–H groups in total. The van der Waals surface area contributed by atoms with Crippen molar-refractivity contribution in [3.63, 3.8) is 0 Å². The van der Waals surface area contributed by atoms with Crippen molar-refractivity contribution in [3.8, 4) is 0 Å². The minimum atomic E-state index is -0.282. The summed E-state index contributed by atoms with van der Waals surface area (Å²) in [5.41, 5.74) is 1.84. The molecule has 6 nitrogen and oxygen atoms in total. The van der Waals surface area contributed by atoms with Gasteiger partial charge < -0.3 is 9.64 Å². The number of ether oxygens (including phenoxy) is 1. The van der Waals surface area contributed by atoms with Crippen LogP contribution in [0.5, 0.6) is 0 Å². The van der Waals surface area contributed by atoms with Gasteiger partial charge in [0, 0.05) is 20.1 Å². The summed E-state index contributed by atoms with van der Waals surface area (Å²) in [6, 6.07) is 0. The van der Waals surface area contributed by atoms with Crippen molar-refractivity contribution in [1.29, 1.82) is 0 Å². The van der Waals surface area contributed by atoms with Crippen LogP contribution in [0, 0.1) is 16.7 Å². The summed E-state index contributed by atoms with van der Waals surface area (Å²) in [7, 11) is 1.69. The molecule has 0 bridgehead atoms. The fraction of sp³-hybridized carbons (Fsp3) is 0.833. The number of aromatic nitrogens is 3. The first-order valence-corrected chi connectivity index (χ1v) is 9.01. The number of nitrogens with zero attached hydrogens (tertiary/aromatic N) is 4. The lowest BCUT2D eigenvalue weighted by atomic mass is 9.65. The van der Waals surface area contributed by atoms with Gasteiger partial charge in [-0.1, -0.05) is 32.9 Å². The van der Waals surface area contributed by atoms with Crippen molar-refractivity contribution in [3.05, 3.63) is 11.4 Å². The quantitative estimate of drug-likeness (QED) is 0.847. The predicted octanol–water partition coefficient (Wildman–Crippen LogP) is 2.27. The van der Waals surface area contributed by atoms with Gasteiger partial charge >= 0.3 is 0 Å². The fourth-order valence-electron chi connectivity index (χ4n) is 4.26. The second-order valence-corrected chi connectivity index (χ2v) is 8.17. The molecule has 3 rings (SSSR count). The van der Waals surface area contributed by atoms with Gasteiger partial charge in [0.25, 0.3) is 0 Å². The molecule has 1 aromatic rings. The third-order valence-electron chi connectivity index (χ3n) is 6.88. The Morgan fingerprint density at radius 2 is 2.12 bits per heavy atom. The Bertz CT molecular complexity index is 625. The smallest absolute Gasteiger partial charge is 0.229 e. The van der Waals surface area contributed by atoms with Crippen LogP contribution in [-0.2, 0) is 29.0 Å². The SMILES string of the molecule is COCCn1nnc2c1CCN(C(=O)[C@]1(C)CC[C@H](C)C1(C)C)C2. The number of methoxy groups -OCH3 is 1. The van der Waals surface area contributed by atoms with E-state index in [1.54, 1.807) is 7.11 Å². The lowest BCUT2D eigenvalue weighted by Gasteiger charge is -2.43. The zero-order valence-electron chi connectivity index (χ0n) is 15.6. The Kier molecular flexibility index (Phi) is 4.45. The van der Waals surface area contributed by atoms with Crippen LogP contribution in [0.1, 0.15) is 51.9 Å². The molecule has 1 amide bonds. The van der Waals surface area contributed by atoms with Gasteiger partial charge in [-0.15, -0.1) is 5.10 Å². The van der Waals surface area contributed by atoms with Gasteiger partial charge in [-0.05, 0) is 24.2 Å². The van der Waals surface area contributed by atoms with Crippen molar-refractivity contribution in [2.24, 2.45) is 16.7 Å². The van der Waals surface area contributed by atoms with Crippen molar-refractivity contribution < 1.29 is 9.53 Å². The molecule has 0 aromatic carbocycles. The molecule has 0 radical (unpaired) electrons. The minimum absolute atomic E-state index is 0.0282. The maximum Gasteiger partial charge on any atom is 0.229 e. The topological polar surface area (TPSA) is 60.2 Å². The summed E-state index contributed by atoms with van der Waals surface area (Å²) < 4.78 is 7.05.